The van der Waals surface area contributed by atoms with E-state index in [0.29, 0.717) is 10.8 Å². The van der Waals surface area contributed by atoms with Gasteiger partial charge in [0.2, 0.25) is 5.89 Å². The predicted octanol–water partition coefficient (Wildman–Crippen LogP) is 4.27. The summed E-state index contributed by atoms with van der Waals surface area (Å²) in [4.78, 5) is 30.8. The molecule has 3 aromatic rings. The summed E-state index contributed by atoms with van der Waals surface area (Å²) in [5.74, 6) is 0.481. The zero-order valence-corrected chi connectivity index (χ0v) is 16.2. The molecule has 6 nitrogen and oxygen atoms in total. The normalized spacial score (nSPS) is 19.2. The fourth-order valence-electron chi connectivity index (χ4n) is 3.19. The lowest BCUT2D eigenvalue weighted by molar-refractivity contribution is -0.131. The highest BCUT2D eigenvalue weighted by atomic mass is 35.5. The van der Waals surface area contributed by atoms with Crippen LogP contribution in [0.4, 0.5) is 4.79 Å². The first-order valence-corrected chi connectivity index (χ1v) is 9.16. The molecule has 1 aromatic heterocycles. The largest absolute Gasteiger partial charge is 0.439 e. The average Bonchev–Trinajstić information content (AvgIpc) is 3.22. The highest BCUT2D eigenvalue weighted by Gasteiger charge is 2.49. The van der Waals surface area contributed by atoms with Crippen molar-refractivity contribution in [3.05, 3.63) is 76.8 Å². The van der Waals surface area contributed by atoms with E-state index in [1.165, 1.54) is 0 Å². The number of hydrogen-bond acceptors (Lipinski definition) is 4. The van der Waals surface area contributed by atoms with Gasteiger partial charge in [0.1, 0.15) is 12.1 Å². The predicted molar refractivity (Wildman–Crippen MR) is 105 cm³/mol. The number of halogens is 1. The smallest absolute Gasteiger partial charge is 0.325 e. The van der Waals surface area contributed by atoms with E-state index >= 15 is 0 Å². The van der Waals surface area contributed by atoms with Crippen molar-refractivity contribution in [2.24, 2.45) is 0 Å². The topological polar surface area (TPSA) is 75.4 Å². The van der Waals surface area contributed by atoms with Crippen molar-refractivity contribution in [1.29, 1.82) is 0 Å². The molecule has 1 saturated heterocycles. The van der Waals surface area contributed by atoms with Crippen LogP contribution in [-0.4, -0.2) is 21.8 Å². The van der Waals surface area contributed by atoms with Crippen molar-refractivity contribution in [2.75, 3.05) is 0 Å². The number of nitrogens with zero attached hydrogens (tertiary/aromatic N) is 2. The van der Waals surface area contributed by atoms with Crippen molar-refractivity contribution in [1.82, 2.24) is 15.2 Å². The zero-order valence-electron chi connectivity index (χ0n) is 15.4. The summed E-state index contributed by atoms with van der Waals surface area (Å²) in [6, 6.07) is 14.2. The summed E-state index contributed by atoms with van der Waals surface area (Å²) in [5.41, 5.74) is 1.50. The van der Waals surface area contributed by atoms with E-state index in [-0.39, 0.29) is 18.3 Å². The number of rotatable bonds is 4. The third-order valence-corrected chi connectivity index (χ3v) is 5.13. The van der Waals surface area contributed by atoms with Crippen molar-refractivity contribution < 1.29 is 14.0 Å². The van der Waals surface area contributed by atoms with Gasteiger partial charge in [0.25, 0.3) is 5.91 Å². The Hall–Kier alpha value is -3.12. The summed E-state index contributed by atoms with van der Waals surface area (Å²) >= 11 is 5.90. The van der Waals surface area contributed by atoms with E-state index in [1.807, 2.05) is 43.3 Å². The first-order valence-electron chi connectivity index (χ1n) is 8.79. The molecule has 142 valence electrons. The fraction of sp³-hybridized carbons (Fsp3) is 0.190. The van der Waals surface area contributed by atoms with Crippen LogP contribution in [0, 0.1) is 6.92 Å². The monoisotopic (exact) mass is 395 g/mol. The maximum absolute atomic E-state index is 13.0. The molecule has 2 heterocycles. The second-order valence-corrected chi connectivity index (χ2v) is 7.37. The van der Waals surface area contributed by atoms with E-state index in [2.05, 4.69) is 10.3 Å². The lowest BCUT2D eigenvalue weighted by Crippen LogP contribution is -2.40. The number of amides is 3. The fourth-order valence-corrected chi connectivity index (χ4v) is 3.32. The van der Waals surface area contributed by atoms with Gasteiger partial charge in [-0.1, -0.05) is 41.4 Å². The van der Waals surface area contributed by atoms with Gasteiger partial charge >= 0.3 is 6.03 Å². The average molecular weight is 396 g/mol. The number of urea groups is 1. The van der Waals surface area contributed by atoms with Gasteiger partial charge in [-0.3, -0.25) is 9.69 Å². The third-order valence-electron chi connectivity index (χ3n) is 4.88. The van der Waals surface area contributed by atoms with Crippen molar-refractivity contribution in [3.63, 3.8) is 0 Å². The maximum Gasteiger partial charge on any atom is 0.325 e. The molecule has 1 fully saturated rings. The van der Waals surface area contributed by atoms with E-state index in [4.69, 9.17) is 16.0 Å². The summed E-state index contributed by atoms with van der Waals surface area (Å²) in [6.45, 7) is 3.63. The molecule has 0 radical (unpaired) electrons. The highest BCUT2D eigenvalue weighted by Crippen LogP contribution is 2.30. The van der Waals surface area contributed by atoms with Gasteiger partial charge < -0.3 is 9.73 Å². The highest BCUT2D eigenvalue weighted by molar-refractivity contribution is 6.30. The van der Waals surface area contributed by atoms with Crippen molar-refractivity contribution >= 4 is 23.5 Å². The van der Waals surface area contributed by atoms with Crippen LogP contribution < -0.4 is 5.32 Å². The quantitative estimate of drug-likeness (QED) is 0.669. The number of carbonyl (C=O) groups excluding carboxylic acids is 2. The van der Waals surface area contributed by atoms with E-state index < -0.39 is 11.6 Å². The Labute approximate surface area is 167 Å². The Bertz CT molecular complexity index is 1040. The number of benzene rings is 2. The van der Waals surface area contributed by atoms with E-state index in [9.17, 15) is 9.59 Å². The Morgan fingerprint density at radius 2 is 1.79 bits per heavy atom. The minimum Gasteiger partial charge on any atom is -0.439 e. The van der Waals surface area contributed by atoms with Crippen molar-refractivity contribution in [3.8, 4) is 11.3 Å². The number of hydrogen-bond donors (Lipinski definition) is 1. The molecule has 28 heavy (non-hydrogen) atoms. The van der Waals surface area contributed by atoms with E-state index in [1.54, 1.807) is 25.3 Å². The summed E-state index contributed by atoms with van der Waals surface area (Å²) < 4.78 is 5.73. The Kier molecular flexibility index (Phi) is 4.43. The molecule has 1 unspecified atom stereocenters. The number of oxazole rings is 1. The van der Waals surface area contributed by atoms with Crippen LogP contribution in [0.2, 0.25) is 5.02 Å². The third kappa shape index (κ3) is 3.16. The van der Waals surface area contributed by atoms with Crippen LogP contribution in [-0.2, 0) is 16.9 Å². The van der Waals surface area contributed by atoms with Crippen LogP contribution >= 0.6 is 11.6 Å². The molecular weight excluding hydrogens is 378 g/mol. The second kappa shape index (κ2) is 6.80. The van der Waals surface area contributed by atoms with Crippen LogP contribution in [0.15, 0.2) is 59.1 Å². The second-order valence-electron chi connectivity index (χ2n) is 6.94. The molecule has 1 atom stereocenters. The van der Waals surface area contributed by atoms with Gasteiger partial charge in [-0.15, -0.1) is 0 Å². The first kappa shape index (κ1) is 18.3. The molecule has 0 saturated carbocycles. The Morgan fingerprint density at radius 3 is 2.46 bits per heavy atom. The lowest BCUT2D eigenvalue weighted by Gasteiger charge is -2.22. The van der Waals surface area contributed by atoms with Crippen LogP contribution in [0.1, 0.15) is 23.9 Å². The Balaban J connectivity index is 1.55. The van der Waals surface area contributed by atoms with Crippen LogP contribution in [0.25, 0.3) is 11.3 Å². The first-order chi connectivity index (χ1) is 13.4. The molecule has 4 rings (SSSR count). The van der Waals surface area contributed by atoms with Crippen LogP contribution in [0.3, 0.4) is 0 Å². The van der Waals surface area contributed by atoms with E-state index in [0.717, 1.165) is 21.6 Å². The molecule has 7 heteroatoms. The molecular formula is C21H18ClN3O3. The van der Waals surface area contributed by atoms with Gasteiger partial charge in [-0.05, 0) is 43.7 Å². The molecule has 0 spiro atoms. The molecule has 0 bridgehead atoms. The zero-order chi connectivity index (χ0) is 19.9. The number of aromatic nitrogens is 1. The number of carbonyl (C=O) groups is 2. The minimum absolute atomic E-state index is 0.0420. The number of aryl methyl sites for hydroxylation is 1. The summed E-state index contributed by atoms with van der Waals surface area (Å²) in [7, 11) is 0. The lowest BCUT2D eigenvalue weighted by atomic mass is 9.91. The van der Waals surface area contributed by atoms with Gasteiger partial charge in [0.15, 0.2) is 5.76 Å². The minimum atomic E-state index is -1.11. The Morgan fingerprint density at radius 1 is 1.11 bits per heavy atom. The SMILES string of the molecule is Cc1ccc(C2(C)NC(=O)N(Cc3ncc(-c4ccc(Cl)cc4)o3)C2=O)cc1. The molecule has 1 aliphatic rings. The van der Waals surface area contributed by atoms with Gasteiger partial charge in [-0.25, -0.2) is 9.78 Å². The molecule has 0 aliphatic carbocycles. The standard InChI is InChI=1S/C21H18ClN3O3/c1-13-3-7-15(8-4-13)21(2)19(26)25(20(27)24-21)12-18-23-11-17(28-18)14-5-9-16(22)10-6-14/h3-11H,12H2,1-2H3,(H,24,27). The number of nitrogens with one attached hydrogen (secondary N) is 1. The maximum atomic E-state index is 13.0. The van der Waals surface area contributed by atoms with Gasteiger partial charge in [0, 0.05) is 10.6 Å². The summed E-state index contributed by atoms with van der Waals surface area (Å²) in [6.07, 6.45) is 1.57. The molecule has 1 aliphatic heterocycles. The molecule has 3 amide bonds. The van der Waals surface area contributed by atoms with Gasteiger partial charge in [-0.2, -0.15) is 0 Å². The van der Waals surface area contributed by atoms with Gasteiger partial charge in [0.05, 0.1) is 6.20 Å². The summed E-state index contributed by atoms with van der Waals surface area (Å²) in [5, 5.41) is 3.41. The van der Waals surface area contributed by atoms with Crippen LogP contribution in [0.5, 0.6) is 0 Å². The molecule has 1 N–H and O–H groups in total. The number of imide groups is 1. The van der Waals surface area contributed by atoms with Crippen molar-refractivity contribution in [2.45, 2.75) is 25.9 Å². The molecule has 2 aromatic carbocycles.